The Morgan fingerprint density at radius 1 is 1.08 bits per heavy atom. The number of carbonyl (C=O) groups excluding carboxylic acids is 1. The van der Waals surface area contributed by atoms with Gasteiger partial charge in [0.15, 0.2) is 0 Å². The molecule has 0 N–H and O–H groups in total. The molecule has 124 valence electrons. The fourth-order valence-corrected chi connectivity index (χ4v) is 2.99. The van der Waals surface area contributed by atoms with Crippen LogP contribution in [-0.4, -0.2) is 29.1 Å². The van der Waals surface area contributed by atoms with E-state index in [4.69, 9.17) is 4.74 Å². The van der Waals surface area contributed by atoms with Crippen LogP contribution in [0.4, 0.5) is 4.79 Å². The Labute approximate surface area is 146 Å². The number of hydrogen-bond donors (Lipinski definition) is 0. The van der Waals surface area contributed by atoms with Crippen molar-refractivity contribution in [1.29, 1.82) is 0 Å². The van der Waals surface area contributed by atoms with Gasteiger partial charge in [-0.2, -0.15) is 0 Å². The summed E-state index contributed by atoms with van der Waals surface area (Å²) >= 11 is 0. The predicted molar refractivity (Wildman–Crippen MR) is 97.9 cm³/mol. The molecule has 25 heavy (non-hydrogen) atoms. The van der Waals surface area contributed by atoms with Crippen LogP contribution in [0.1, 0.15) is 11.1 Å². The van der Waals surface area contributed by atoms with E-state index < -0.39 is 0 Å². The Morgan fingerprint density at radius 3 is 2.76 bits per heavy atom. The number of ether oxygens (including phenoxy) is 1. The third-order valence-corrected chi connectivity index (χ3v) is 4.33. The highest BCUT2D eigenvalue weighted by molar-refractivity contribution is 5.79. The maximum Gasteiger partial charge on any atom is 0.410 e. The van der Waals surface area contributed by atoms with Gasteiger partial charge in [0.2, 0.25) is 0 Å². The van der Waals surface area contributed by atoms with Gasteiger partial charge in [0, 0.05) is 30.2 Å². The maximum atomic E-state index is 12.3. The molecule has 4 rings (SSSR count). The molecule has 0 aliphatic carbocycles. The van der Waals surface area contributed by atoms with Crippen LogP contribution >= 0.6 is 0 Å². The second kappa shape index (κ2) is 6.77. The van der Waals surface area contributed by atoms with Crippen molar-refractivity contribution in [2.45, 2.75) is 6.61 Å². The summed E-state index contributed by atoms with van der Waals surface area (Å²) in [5.41, 5.74) is 4.14. The fraction of sp³-hybridized carbons (Fsp3) is 0.143. The SMILES string of the molecule is O=C(OCc1cnc2ccccc2c1)N1CC=C(c2ccccc2)C1. The van der Waals surface area contributed by atoms with Gasteiger partial charge in [0.25, 0.3) is 0 Å². The van der Waals surface area contributed by atoms with E-state index >= 15 is 0 Å². The zero-order chi connectivity index (χ0) is 17.1. The molecule has 1 aliphatic rings. The molecule has 0 saturated heterocycles. The Kier molecular flexibility index (Phi) is 4.17. The maximum absolute atomic E-state index is 12.3. The number of amides is 1. The standard InChI is InChI=1S/C21H18N2O2/c24-21(23-11-10-19(14-23)17-6-2-1-3-7-17)25-15-16-12-18-8-4-5-9-20(18)22-13-16/h1-10,12-13H,11,14-15H2. The minimum atomic E-state index is -0.296. The number of benzene rings is 2. The lowest BCUT2D eigenvalue weighted by Crippen LogP contribution is -2.29. The van der Waals surface area contributed by atoms with Crippen LogP contribution < -0.4 is 0 Å². The molecule has 1 aliphatic heterocycles. The minimum absolute atomic E-state index is 0.230. The van der Waals surface area contributed by atoms with Crippen LogP contribution in [0.25, 0.3) is 16.5 Å². The van der Waals surface area contributed by atoms with Gasteiger partial charge >= 0.3 is 6.09 Å². The average Bonchev–Trinajstić information content (AvgIpc) is 3.17. The van der Waals surface area contributed by atoms with Gasteiger partial charge in [0.05, 0.1) is 5.52 Å². The van der Waals surface area contributed by atoms with E-state index in [9.17, 15) is 4.79 Å². The largest absolute Gasteiger partial charge is 0.444 e. The van der Waals surface area contributed by atoms with E-state index in [0.717, 1.165) is 27.6 Å². The van der Waals surface area contributed by atoms with Crippen molar-refractivity contribution < 1.29 is 9.53 Å². The highest BCUT2D eigenvalue weighted by Crippen LogP contribution is 2.21. The molecule has 4 heteroatoms. The molecule has 3 aromatic rings. The lowest BCUT2D eigenvalue weighted by Gasteiger charge is -2.16. The molecular formula is C21H18N2O2. The number of rotatable bonds is 3. The highest BCUT2D eigenvalue weighted by Gasteiger charge is 2.21. The fourth-order valence-electron chi connectivity index (χ4n) is 2.99. The van der Waals surface area contributed by atoms with Crippen LogP contribution in [0.5, 0.6) is 0 Å². The molecule has 0 atom stereocenters. The zero-order valence-corrected chi connectivity index (χ0v) is 13.8. The molecule has 2 aromatic carbocycles. The van der Waals surface area contributed by atoms with Crippen LogP contribution in [-0.2, 0) is 11.3 Å². The van der Waals surface area contributed by atoms with Crippen LogP contribution in [0.15, 0.2) is 72.9 Å². The lowest BCUT2D eigenvalue weighted by atomic mass is 10.1. The first-order valence-corrected chi connectivity index (χ1v) is 8.29. The third kappa shape index (κ3) is 3.38. The molecule has 2 heterocycles. The number of aromatic nitrogens is 1. The van der Waals surface area contributed by atoms with E-state index in [1.54, 1.807) is 11.1 Å². The number of carbonyl (C=O) groups is 1. The van der Waals surface area contributed by atoms with E-state index in [0.29, 0.717) is 13.1 Å². The second-order valence-corrected chi connectivity index (χ2v) is 6.07. The second-order valence-electron chi connectivity index (χ2n) is 6.07. The summed E-state index contributed by atoms with van der Waals surface area (Å²) < 4.78 is 5.46. The van der Waals surface area contributed by atoms with Gasteiger partial charge in [-0.25, -0.2) is 4.79 Å². The summed E-state index contributed by atoms with van der Waals surface area (Å²) in [5.74, 6) is 0. The van der Waals surface area contributed by atoms with Crippen molar-refractivity contribution in [2.75, 3.05) is 13.1 Å². The average molecular weight is 330 g/mol. The number of para-hydroxylation sites is 1. The van der Waals surface area contributed by atoms with Crippen molar-refractivity contribution in [3.8, 4) is 0 Å². The molecule has 1 amide bonds. The van der Waals surface area contributed by atoms with Crippen molar-refractivity contribution in [3.63, 3.8) is 0 Å². The minimum Gasteiger partial charge on any atom is -0.444 e. The quantitative estimate of drug-likeness (QED) is 0.720. The summed E-state index contributed by atoms with van der Waals surface area (Å²) in [6, 6.07) is 20.0. The molecule has 0 fully saturated rings. The molecule has 0 spiro atoms. The van der Waals surface area contributed by atoms with E-state index in [2.05, 4.69) is 23.2 Å². The molecular weight excluding hydrogens is 312 g/mol. The number of hydrogen-bond acceptors (Lipinski definition) is 3. The lowest BCUT2D eigenvalue weighted by molar-refractivity contribution is 0.106. The molecule has 0 bridgehead atoms. The van der Waals surface area contributed by atoms with E-state index in [1.807, 2.05) is 48.5 Å². The van der Waals surface area contributed by atoms with Crippen molar-refractivity contribution >= 4 is 22.6 Å². The molecule has 4 nitrogen and oxygen atoms in total. The van der Waals surface area contributed by atoms with Gasteiger partial charge in [0.1, 0.15) is 6.61 Å². The monoisotopic (exact) mass is 330 g/mol. The van der Waals surface area contributed by atoms with Gasteiger partial charge < -0.3 is 9.64 Å². The van der Waals surface area contributed by atoms with Crippen LogP contribution in [0, 0.1) is 0 Å². The van der Waals surface area contributed by atoms with Gasteiger partial charge in [-0.05, 0) is 23.3 Å². The first kappa shape index (κ1) is 15.4. The Morgan fingerprint density at radius 2 is 1.88 bits per heavy atom. The molecule has 1 aromatic heterocycles. The Hall–Kier alpha value is -3.14. The molecule has 0 saturated carbocycles. The van der Waals surface area contributed by atoms with Crippen molar-refractivity contribution in [2.24, 2.45) is 0 Å². The number of pyridine rings is 1. The van der Waals surface area contributed by atoms with Gasteiger partial charge in [-0.15, -0.1) is 0 Å². The van der Waals surface area contributed by atoms with Gasteiger partial charge in [-0.3, -0.25) is 4.98 Å². The molecule has 0 radical (unpaired) electrons. The Balaban J connectivity index is 1.36. The first-order chi connectivity index (χ1) is 12.3. The zero-order valence-electron chi connectivity index (χ0n) is 13.8. The van der Waals surface area contributed by atoms with E-state index in [-0.39, 0.29) is 12.7 Å². The summed E-state index contributed by atoms with van der Waals surface area (Å²) in [6.07, 6.45) is 3.54. The van der Waals surface area contributed by atoms with E-state index in [1.165, 1.54) is 0 Å². The van der Waals surface area contributed by atoms with Crippen LogP contribution in [0.2, 0.25) is 0 Å². The summed E-state index contributed by atoms with van der Waals surface area (Å²) in [6.45, 7) is 1.39. The topological polar surface area (TPSA) is 42.4 Å². The predicted octanol–water partition coefficient (Wildman–Crippen LogP) is 4.27. The van der Waals surface area contributed by atoms with Gasteiger partial charge in [-0.1, -0.05) is 54.6 Å². The smallest absolute Gasteiger partial charge is 0.410 e. The summed E-state index contributed by atoms with van der Waals surface area (Å²) in [7, 11) is 0. The summed E-state index contributed by atoms with van der Waals surface area (Å²) in [5, 5.41) is 1.05. The van der Waals surface area contributed by atoms with Crippen molar-refractivity contribution in [1.82, 2.24) is 9.88 Å². The number of fused-ring (bicyclic) bond motifs is 1. The third-order valence-electron chi connectivity index (χ3n) is 4.33. The number of nitrogens with zero attached hydrogens (tertiary/aromatic N) is 2. The molecule has 0 unspecified atom stereocenters. The highest BCUT2D eigenvalue weighted by atomic mass is 16.6. The first-order valence-electron chi connectivity index (χ1n) is 8.29. The normalized spacial score (nSPS) is 13.8. The summed E-state index contributed by atoms with van der Waals surface area (Å²) in [4.78, 5) is 18.4. The van der Waals surface area contributed by atoms with Crippen molar-refractivity contribution in [3.05, 3.63) is 84.1 Å². The Bertz CT molecular complexity index is 935. The van der Waals surface area contributed by atoms with Crippen LogP contribution in [0.3, 0.4) is 0 Å².